The topological polar surface area (TPSA) is 76.2 Å². The Balaban J connectivity index is 1.54. The van der Waals surface area contributed by atoms with E-state index in [-0.39, 0.29) is 37.6 Å². The van der Waals surface area contributed by atoms with Gasteiger partial charge in [0.1, 0.15) is 6.61 Å². The van der Waals surface area contributed by atoms with Gasteiger partial charge >= 0.3 is 16.4 Å². The number of hydrogen-bond donors (Lipinski definition) is 0. The number of carbonyl (C=O) groups is 1. The first-order valence-corrected chi connectivity index (χ1v) is 15.2. The lowest BCUT2D eigenvalue weighted by molar-refractivity contribution is 0.104. The number of hydrogen-bond acceptors (Lipinski definition) is 6. The van der Waals surface area contributed by atoms with E-state index >= 15 is 0 Å². The van der Waals surface area contributed by atoms with E-state index < -0.39 is 21.1 Å². The third-order valence-corrected chi connectivity index (χ3v) is 10.3. The zero-order valence-electron chi connectivity index (χ0n) is 21.6. The summed E-state index contributed by atoms with van der Waals surface area (Å²) in [6, 6.07) is 30.8. The quantitative estimate of drug-likeness (QED) is 0.267. The summed E-state index contributed by atoms with van der Waals surface area (Å²) in [6.07, 6.45) is 1.66. The molecule has 0 saturated carbocycles. The zero-order chi connectivity index (χ0) is 27.3. The molecule has 0 bridgehead atoms. The molecular formula is C30H32N2O5S2. The third-order valence-electron chi connectivity index (χ3n) is 7.12. The second kappa shape index (κ2) is 12.0. The van der Waals surface area contributed by atoms with Crippen LogP contribution in [0.4, 0.5) is 4.79 Å². The molecular weight excluding hydrogens is 532 g/mol. The highest BCUT2D eigenvalue weighted by atomic mass is 32.2. The number of likely N-dealkylation sites (tertiary alicyclic amines) is 1. The number of ether oxygens (including phenoxy) is 1. The first kappa shape index (κ1) is 27.5. The summed E-state index contributed by atoms with van der Waals surface area (Å²) in [5.74, 6) is 0. The molecule has 204 valence electrons. The molecule has 0 N–H and O–H groups in total. The Morgan fingerprint density at radius 3 is 1.97 bits per heavy atom. The van der Waals surface area contributed by atoms with Gasteiger partial charge in [-0.2, -0.15) is 12.7 Å². The first-order chi connectivity index (χ1) is 18.9. The van der Waals surface area contributed by atoms with E-state index in [2.05, 4.69) is 43.0 Å². The van der Waals surface area contributed by atoms with Gasteiger partial charge in [0, 0.05) is 24.9 Å². The van der Waals surface area contributed by atoms with Gasteiger partial charge in [-0.15, -0.1) is 11.8 Å². The molecule has 0 spiro atoms. The average molecular weight is 565 g/mol. The normalized spacial score (nSPS) is 21.1. The predicted molar refractivity (Wildman–Crippen MR) is 154 cm³/mol. The summed E-state index contributed by atoms with van der Waals surface area (Å²) in [5, 5.41) is -0.00174. The van der Waals surface area contributed by atoms with E-state index in [1.54, 1.807) is 16.7 Å². The van der Waals surface area contributed by atoms with Gasteiger partial charge in [-0.1, -0.05) is 104 Å². The van der Waals surface area contributed by atoms with Crippen molar-refractivity contribution in [1.82, 2.24) is 9.21 Å². The van der Waals surface area contributed by atoms with Crippen LogP contribution in [0.3, 0.4) is 0 Å². The van der Waals surface area contributed by atoms with Crippen LogP contribution in [0.2, 0.25) is 0 Å². The van der Waals surface area contributed by atoms with Crippen molar-refractivity contribution in [2.75, 3.05) is 32.8 Å². The Morgan fingerprint density at radius 1 is 0.974 bits per heavy atom. The van der Waals surface area contributed by atoms with Crippen molar-refractivity contribution >= 4 is 28.2 Å². The van der Waals surface area contributed by atoms with Gasteiger partial charge in [-0.25, -0.2) is 4.79 Å². The van der Waals surface area contributed by atoms with Crippen LogP contribution in [0.1, 0.15) is 23.1 Å². The summed E-state index contributed by atoms with van der Waals surface area (Å²) >= 11 is 1.80. The van der Waals surface area contributed by atoms with Crippen molar-refractivity contribution in [2.45, 2.75) is 22.5 Å². The molecule has 39 heavy (non-hydrogen) atoms. The number of amides is 1. The van der Waals surface area contributed by atoms with Gasteiger partial charge in [-0.05, 0) is 23.1 Å². The van der Waals surface area contributed by atoms with E-state index in [1.807, 2.05) is 54.6 Å². The second-order valence-electron chi connectivity index (χ2n) is 9.56. The molecule has 3 aromatic carbocycles. The van der Waals surface area contributed by atoms with Gasteiger partial charge < -0.3 is 9.64 Å². The van der Waals surface area contributed by atoms with Crippen molar-refractivity contribution in [3.8, 4) is 0 Å². The summed E-state index contributed by atoms with van der Waals surface area (Å²) < 4.78 is 36.0. The summed E-state index contributed by atoms with van der Waals surface area (Å²) in [5.41, 5.74) is 3.39. The largest absolute Gasteiger partial charge is 0.445 e. The molecule has 9 heteroatoms. The van der Waals surface area contributed by atoms with Gasteiger partial charge in [-0.3, -0.25) is 4.18 Å². The number of benzene rings is 3. The highest BCUT2D eigenvalue weighted by Gasteiger charge is 2.46. The van der Waals surface area contributed by atoms with E-state index in [9.17, 15) is 13.2 Å². The molecule has 2 atom stereocenters. The number of nitrogens with zero attached hydrogens (tertiary/aromatic N) is 2. The summed E-state index contributed by atoms with van der Waals surface area (Å²) in [7, 11) is -3.79. The molecule has 0 unspecified atom stereocenters. The lowest BCUT2D eigenvalue weighted by Crippen LogP contribution is -2.44. The number of rotatable bonds is 9. The maximum atomic E-state index is 13.1. The average Bonchev–Trinajstić information content (AvgIpc) is 3.53. The molecule has 5 rings (SSSR count). The molecule has 2 aliphatic rings. The van der Waals surface area contributed by atoms with E-state index in [4.69, 9.17) is 8.92 Å². The van der Waals surface area contributed by atoms with Gasteiger partial charge in [0.2, 0.25) is 0 Å². The number of thioether (sulfide) groups is 1. The maximum absolute atomic E-state index is 13.1. The van der Waals surface area contributed by atoms with Crippen LogP contribution in [-0.4, -0.2) is 67.9 Å². The highest BCUT2D eigenvalue weighted by Crippen LogP contribution is 2.52. The van der Waals surface area contributed by atoms with Crippen LogP contribution < -0.4 is 0 Å². The minimum Gasteiger partial charge on any atom is -0.445 e. The van der Waals surface area contributed by atoms with Crippen LogP contribution in [0.15, 0.2) is 104 Å². The van der Waals surface area contributed by atoms with Crippen molar-refractivity contribution in [2.24, 2.45) is 0 Å². The van der Waals surface area contributed by atoms with Crippen LogP contribution in [0.25, 0.3) is 0 Å². The molecule has 0 aliphatic carbocycles. The fourth-order valence-corrected chi connectivity index (χ4v) is 8.35. The van der Waals surface area contributed by atoms with Crippen LogP contribution in [-0.2, 0) is 24.0 Å². The van der Waals surface area contributed by atoms with Crippen LogP contribution in [0, 0.1) is 0 Å². The van der Waals surface area contributed by atoms with E-state index in [0.29, 0.717) is 13.0 Å². The Labute approximate surface area is 234 Å². The Bertz CT molecular complexity index is 1270. The molecule has 0 radical (unpaired) electrons. The standard InChI is InChI=1S/C30H32N2O5S2/c1-2-19-36-29(33)32-23-28(21-27(32)22-31-18-20-37-39(31,34)35)38-30(24-12-6-3-7-13-24,25-14-8-4-9-15-25)26-16-10-5-11-17-26/h2-17,27-28H,1,18-23H2/t27-,28-/m0/s1. The minimum atomic E-state index is -3.79. The molecule has 3 aromatic rings. The van der Waals surface area contributed by atoms with Crippen molar-refractivity contribution < 1.29 is 22.1 Å². The van der Waals surface area contributed by atoms with Crippen molar-refractivity contribution in [1.29, 1.82) is 0 Å². The first-order valence-electron chi connectivity index (χ1n) is 13.0. The number of carbonyl (C=O) groups excluding carboxylic acids is 1. The van der Waals surface area contributed by atoms with Crippen molar-refractivity contribution in [3.63, 3.8) is 0 Å². The molecule has 2 aliphatic heterocycles. The van der Waals surface area contributed by atoms with Gasteiger partial charge in [0.15, 0.2) is 0 Å². The fourth-order valence-electron chi connectivity index (χ4n) is 5.39. The minimum absolute atomic E-state index is 0.00174. The lowest BCUT2D eigenvalue weighted by Gasteiger charge is -2.37. The Morgan fingerprint density at radius 2 is 1.51 bits per heavy atom. The fraction of sp³-hybridized carbons (Fsp3) is 0.300. The molecule has 2 fully saturated rings. The maximum Gasteiger partial charge on any atom is 0.410 e. The van der Waals surface area contributed by atoms with Gasteiger partial charge in [0.05, 0.1) is 17.4 Å². The van der Waals surface area contributed by atoms with E-state index in [0.717, 1.165) is 16.7 Å². The van der Waals surface area contributed by atoms with Gasteiger partial charge in [0.25, 0.3) is 0 Å². The molecule has 2 heterocycles. The zero-order valence-corrected chi connectivity index (χ0v) is 23.2. The van der Waals surface area contributed by atoms with Crippen LogP contribution in [0.5, 0.6) is 0 Å². The molecule has 0 aromatic heterocycles. The predicted octanol–water partition coefficient (Wildman–Crippen LogP) is 5.05. The SMILES string of the molecule is C=CCOC(=O)N1C[C@@H](SC(c2ccccc2)(c2ccccc2)c2ccccc2)C[C@H]1CN1CCOS1(=O)=O. The summed E-state index contributed by atoms with van der Waals surface area (Å²) in [6.45, 7) is 4.71. The molecule has 7 nitrogen and oxygen atoms in total. The smallest absolute Gasteiger partial charge is 0.410 e. The third kappa shape index (κ3) is 5.77. The molecule has 2 saturated heterocycles. The van der Waals surface area contributed by atoms with Crippen molar-refractivity contribution in [3.05, 3.63) is 120 Å². The van der Waals surface area contributed by atoms with Crippen LogP contribution >= 0.6 is 11.8 Å². The second-order valence-corrected chi connectivity index (χ2v) is 12.7. The monoisotopic (exact) mass is 564 g/mol. The van der Waals surface area contributed by atoms with E-state index in [1.165, 1.54) is 10.4 Å². The Hall–Kier alpha value is -3.11. The lowest BCUT2D eigenvalue weighted by atomic mass is 9.84. The summed E-state index contributed by atoms with van der Waals surface area (Å²) in [4.78, 5) is 14.8. The highest BCUT2D eigenvalue weighted by molar-refractivity contribution is 8.01. The Kier molecular flexibility index (Phi) is 8.42. The molecule has 1 amide bonds.